The van der Waals surface area contributed by atoms with Crippen molar-refractivity contribution in [2.45, 2.75) is 6.92 Å². The standard InChI is InChI=1S/C14H22N4O/c1-11-8-12(16-14(19)15-2)10-13(9-11)18-6-4-17(3)5-7-18/h8-10H,4-7H2,1-3H3,(H2,15,16,19). The lowest BCUT2D eigenvalue weighted by atomic mass is 10.1. The molecule has 1 aromatic carbocycles. The summed E-state index contributed by atoms with van der Waals surface area (Å²) in [5.74, 6) is 0. The van der Waals surface area contributed by atoms with Gasteiger partial charge in [0.15, 0.2) is 0 Å². The van der Waals surface area contributed by atoms with Crippen LogP contribution < -0.4 is 15.5 Å². The Morgan fingerprint density at radius 3 is 2.47 bits per heavy atom. The predicted octanol–water partition coefficient (Wildman–Crippen LogP) is 1.50. The Kier molecular flexibility index (Phi) is 4.27. The van der Waals surface area contributed by atoms with E-state index in [4.69, 9.17) is 0 Å². The number of urea groups is 1. The molecule has 0 spiro atoms. The highest BCUT2D eigenvalue weighted by molar-refractivity contribution is 5.89. The van der Waals surface area contributed by atoms with Gasteiger partial charge in [0.1, 0.15) is 0 Å². The first kappa shape index (κ1) is 13.7. The monoisotopic (exact) mass is 262 g/mol. The molecule has 0 aliphatic carbocycles. The minimum absolute atomic E-state index is 0.185. The van der Waals surface area contributed by atoms with Gasteiger partial charge in [-0.3, -0.25) is 0 Å². The van der Waals surface area contributed by atoms with Crippen molar-refractivity contribution in [3.63, 3.8) is 0 Å². The van der Waals surface area contributed by atoms with Crippen LogP contribution in [0.5, 0.6) is 0 Å². The van der Waals surface area contributed by atoms with Gasteiger partial charge in [0.25, 0.3) is 0 Å². The van der Waals surface area contributed by atoms with Crippen LogP contribution in [-0.4, -0.2) is 51.2 Å². The van der Waals surface area contributed by atoms with E-state index in [1.54, 1.807) is 7.05 Å². The van der Waals surface area contributed by atoms with Gasteiger partial charge in [-0.2, -0.15) is 0 Å². The second-order valence-corrected chi connectivity index (χ2v) is 5.05. The fourth-order valence-corrected chi connectivity index (χ4v) is 2.28. The number of nitrogens with one attached hydrogen (secondary N) is 2. The molecule has 0 bridgehead atoms. The summed E-state index contributed by atoms with van der Waals surface area (Å²) in [6, 6.07) is 6.00. The molecule has 0 aromatic heterocycles. The number of amides is 2. The Hall–Kier alpha value is -1.75. The molecule has 19 heavy (non-hydrogen) atoms. The number of piperazine rings is 1. The summed E-state index contributed by atoms with van der Waals surface area (Å²) in [6.45, 7) is 6.26. The molecule has 5 nitrogen and oxygen atoms in total. The summed E-state index contributed by atoms with van der Waals surface area (Å²) in [5.41, 5.74) is 3.18. The van der Waals surface area contributed by atoms with Crippen molar-refractivity contribution >= 4 is 17.4 Å². The van der Waals surface area contributed by atoms with E-state index in [9.17, 15) is 4.79 Å². The maximum Gasteiger partial charge on any atom is 0.318 e. The van der Waals surface area contributed by atoms with E-state index in [1.165, 1.54) is 5.69 Å². The molecule has 0 unspecified atom stereocenters. The number of likely N-dealkylation sites (N-methyl/N-ethyl adjacent to an activating group) is 1. The summed E-state index contributed by atoms with van der Waals surface area (Å²) >= 11 is 0. The topological polar surface area (TPSA) is 47.6 Å². The van der Waals surface area contributed by atoms with Crippen molar-refractivity contribution in [1.29, 1.82) is 0 Å². The van der Waals surface area contributed by atoms with Gasteiger partial charge in [-0.25, -0.2) is 4.79 Å². The van der Waals surface area contributed by atoms with E-state index in [0.717, 1.165) is 37.4 Å². The third kappa shape index (κ3) is 3.61. The first-order chi connectivity index (χ1) is 9.08. The molecule has 0 radical (unpaired) electrons. The van der Waals surface area contributed by atoms with Crippen LogP contribution >= 0.6 is 0 Å². The van der Waals surface area contributed by atoms with E-state index in [1.807, 2.05) is 12.1 Å². The number of nitrogens with zero attached hydrogens (tertiary/aromatic N) is 2. The van der Waals surface area contributed by atoms with Gasteiger partial charge in [-0.1, -0.05) is 0 Å². The molecular weight excluding hydrogens is 240 g/mol. The zero-order valence-corrected chi connectivity index (χ0v) is 11.9. The lowest BCUT2D eigenvalue weighted by Crippen LogP contribution is -2.44. The van der Waals surface area contributed by atoms with Gasteiger partial charge in [-0.05, 0) is 37.7 Å². The third-order valence-corrected chi connectivity index (χ3v) is 3.42. The first-order valence-electron chi connectivity index (χ1n) is 6.62. The maximum atomic E-state index is 11.4. The molecule has 0 atom stereocenters. The highest BCUT2D eigenvalue weighted by Crippen LogP contribution is 2.23. The maximum absolute atomic E-state index is 11.4. The van der Waals surface area contributed by atoms with Crippen LogP contribution in [0.3, 0.4) is 0 Å². The number of hydrogen-bond donors (Lipinski definition) is 2. The average Bonchev–Trinajstić information content (AvgIpc) is 2.38. The molecule has 2 amide bonds. The number of carbonyl (C=O) groups is 1. The van der Waals surface area contributed by atoms with Gasteiger partial charge in [-0.15, -0.1) is 0 Å². The Labute approximate surface area is 114 Å². The predicted molar refractivity (Wildman–Crippen MR) is 79.0 cm³/mol. The number of anilines is 2. The average molecular weight is 262 g/mol. The number of rotatable bonds is 2. The fourth-order valence-electron chi connectivity index (χ4n) is 2.28. The van der Waals surface area contributed by atoms with Crippen molar-refractivity contribution in [1.82, 2.24) is 10.2 Å². The lowest BCUT2D eigenvalue weighted by molar-refractivity contribution is 0.254. The largest absolute Gasteiger partial charge is 0.369 e. The fraction of sp³-hybridized carbons (Fsp3) is 0.500. The van der Waals surface area contributed by atoms with E-state index in [0.29, 0.717) is 0 Å². The highest BCUT2D eigenvalue weighted by atomic mass is 16.2. The Bertz CT molecular complexity index is 453. The minimum atomic E-state index is -0.185. The second-order valence-electron chi connectivity index (χ2n) is 5.05. The zero-order chi connectivity index (χ0) is 13.8. The molecule has 2 N–H and O–H groups in total. The van der Waals surface area contributed by atoms with Crippen molar-refractivity contribution in [3.05, 3.63) is 23.8 Å². The molecule has 104 valence electrons. The van der Waals surface area contributed by atoms with Gasteiger partial charge < -0.3 is 20.4 Å². The van der Waals surface area contributed by atoms with Crippen molar-refractivity contribution in [3.8, 4) is 0 Å². The SMILES string of the molecule is CNC(=O)Nc1cc(C)cc(N2CCN(C)CC2)c1. The van der Waals surface area contributed by atoms with E-state index >= 15 is 0 Å². The Morgan fingerprint density at radius 1 is 1.16 bits per heavy atom. The Balaban J connectivity index is 2.14. The smallest absolute Gasteiger partial charge is 0.318 e. The molecule has 1 saturated heterocycles. The van der Waals surface area contributed by atoms with Crippen molar-refractivity contribution in [2.24, 2.45) is 0 Å². The first-order valence-corrected chi connectivity index (χ1v) is 6.62. The Morgan fingerprint density at radius 2 is 1.84 bits per heavy atom. The third-order valence-electron chi connectivity index (χ3n) is 3.42. The molecule has 0 saturated carbocycles. The van der Waals surface area contributed by atoms with Crippen LogP contribution in [0.25, 0.3) is 0 Å². The van der Waals surface area contributed by atoms with Gasteiger partial charge >= 0.3 is 6.03 Å². The van der Waals surface area contributed by atoms with Gasteiger partial charge in [0.2, 0.25) is 0 Å². The van der Waals surface area contributed by atoms with E-state index < -0.39 is 0 Å². The summed E-state index contributed by atoms with van der Waals surface area (Å²) in [6.07, 6.45) is 0. The molecule has 1 aliphatic heterocycles. The number of hydrogen-bond acceptors (Lipinski definition) is 3. The summed E-state index contributed by atoms with van der Waals surface area (Å²) in [4.78, 5) is 16.1. The van der Waals surface area contributed by atoms with Crippen LogP contribution in [0.1, 0.15) is 5.56 Å². The highest BCUT2D eigenvalue weighted by Gasteiger charge is 2.15. The lowest BCUT2D eigenvalue weighted by Gasteiger charge is -2.34. The molecule has 2 rings (SSSR count). The number of carbonyl (C=O) groups excluding carboxylic acids is 1. The number of aryl methyl sites for hydroxylation is 1. The second kappa shape index (κ2) is 5.93. The molecule has 1 fully saturated rings. The summed E-state index contributed by atoms with van der Waals surface area (Å²) < 4.78 is 0. The van der Waals surface area contributed by atoms with Crippen LogP contribution in [0.15, 0.2) is 18.2 Å². The molecular formula is C14H22N4O. The molecule has 1 aromatic rings. The van der Waals surface area contributed by atoms with E-state index in [-0.39, 0.29) is 6.03 Å². The van der Waals surface area contributed by atoms with Crippen LogP contribution in [-0.2, 0) is 0 Å². The van der Waals surface area contributed by atoms with Crippen LogP contribution in [0.2, 0.25) is 0 Å². The summed E-state index contributed by atoms with van der Waals surface area (Å²) in [7, 11) is 3.76. The quantitative estimate of drug-likeness (QED) is 0.849. The number of benzene rings is 1. The molecule has 1 heterocycles. The normalized spacial score (nSPS) is 16.3. The van der Waals surface area contributed by atoms with Crippen LogP contribution in [0, 0.1) is 6.92 Å². The zero-order valence-electron chi connectivity index (χ0n) is 11.9. The van der Waals surface area contributed by atoms with Gasteiger partial charge in [0, 0.05) is 44.6 Å². The van der Waals surface area contributed by atoms with Gasteiger partial charge in [0.05, 0.1) is 0 Å². The minimum Gasteiger partial charge on any atom is -0.369 e. The van der Waals surface area contributed by atoms with Crippen LogP contribution in [0.4, 0.5) is 16.2 Å². The van der Waals surface area contributed by atoms with Crippen molar-refractivity contribution < 1.29 is 4.79 Å². The summed E-state index contributed by atoms with van der Waals surface area (Å²) in [5, 5.41) is 5.40. The molecule has 1 aliphatic rings. The molecule has 5 heteroatoms. The van der Waals surface area contributed by atoms with Crippen molar-refractivity contribution in [2.75, 3.05) is 50.5 Å². The van der Waals surface area contributed by atoms with E-state index in [2.05, 4.69) is 40.5 Å².